The van der Waals surface area contributed by atoms with E-state index in [0.29, 0.717) is 24.7 Å². The number of benzene rings is 2. The fourth-order valence-electron chi connectivity index (χ4n) is 3.45. The Labute approximate surface area is 192 Å². The Morgan fingerprint density at radius 3 is 2.29 bits per heavy atom. The zero-order chi connectivity index (χ0) is 22.8. The van der Waals surface area contributed by atoms with E-state index in [9.17, 15) is 13.2 Å². The number of hydrogen-bond donors (Lipinski definition) is 1. The number of nitrogens with zero attached hydrogens (tertiary/aromatic N) is 1. The van der Waals surface area contributed by atoms with Crippen molar-refractivity contribution in [3.05, 3.63) is 52.0 Å². The van der Waals surface area contributed by atoms with E-state index in [-0.39, 0.29) is 28.2 Å². The fourth-order valence-corrected chi connectivity index (χ4v) is 5.16. The van der Waals surface area contributed by atoms with Crippen LogP contribution in [0.1, 0.15) is 31.9 Å². The molecular weight excluding hydrogens is 463 g/mol. The number of hydrogen-bond acceptors (Lipinski definition) is 5. The second-order valence-corrected chi connectivity index (χ2v) is 9.98. The summed E-state index contributed by atoms with van der Waals surface area (Å²) in [5, 5.41) is 3.45. The molecule has 168 valence electrons. The average molecular weight is 487 g/mol. The third-order valence-corrected chi connectivity index (χ3v) is 6.47. The molecule has 1 aliphatic heterocycles. The van der Waals surface area contributed by atoms with Crippen molar-refractivity contribution in [2.24, 2.45) is 0 Å². The van der Waals surface area contributed by atoms with E-state index in [1.807, 2.05) is 19.1 Å². The smallest absolute Gasteiger partial charge is 0.244 e. The summed E-state index contributed by atoms with van der Waals surface area (Å²) < 4.78 is 37.4. The number of rotatable bonds is 7. The van der Waals surface area contributed by atoms with Crippen LogP contribution < -0.4 is 19.1 Å². The summed E-state index contributed by atoms with van der Waals surface area (Å²) in [7, 11) is -3.80. The van der Waals surface area contributed by atoms with Gasteiger partial charge in [-0.3, -0.25) is 9.10 Å². The number of halogens is 2. The predicted octanol–water partition coefficient (Wildman–Crippen LogP) is 4.19. The fraction of sp³-hybridized carbons (Fsp3) is 0.381. The highest BCUT2D eigenvalue weighted by Crippen LogP contribution is 2.33. The van der Waals surface area contributed by atoms with Crippen LogP contribution in [0.4, 0.5) is 5.69 Å². The molecule has 0 fully saturated rings. The van der Waals surface area contributed by atoms with Crippen molar-refractivity contribution in [3.63, 3.8) is 0 Å². The summed E-state index contributed by atoms with van der Waals surface area (Å²) in [5.74, 6) is 0.829. The van der Waals surface area contributed by atoms with Gasteiger partial charge in [0.15, 0.2) is 11.5 Å². The van der Waals surface area contributed by atoms with E-state index >= 15 is 0 Å². The highest BCUT2D eigenvalue weighted by atomic mass is 35.5. The second-order valence-electron chi connectivity index (χ2n) is 7.24. The maximum absolute atomic E-state index is 13.1. The second kappa shape index (κ2) is 9.54. The zero-order valence-corrected chi connectivity index (χ0v) is 19.7. The zero-order valence-electron chi connectivity index (χ0n) is 17.4. The Balaban J connectivity index is 1.86. The maximum atomic E-state index is 13.1. The van der Waals surface area contributed by atoms with Gasteiger partial charge in [0.25, 0.3) is 0 Å². The average Bonchev–Trinajstić information content (AvgIpc) is 2.69. The van der Waals surface area contributed by atoms with Crippen LogP contribution in [0, 0.1) is 0 Å². The molecule has 0 radical (unpaired) electrons. The molecular formula is C21H24Cl2N2O5S. The van der Waals surface area contributed by atoms with E-state index in [0.717, 1.165) is 16.1 Å². The summed E-state index contributed by atoms with van der Waals surface area (Å²) >= 11 is 12.1. The van der Waals surface area contributed by atoms with Gasteiger partial charge in [-0.15, -0.1) is 0 Å². The van der Waals surface area contributed by atoms with E-state index in [1.54, 1.807) is 13.0 Å². The highest BCUT2D eigenvalue weighted by molar-refractivity contribution is 7.92. The molecule has 2 atom stereocenters. The van der Waals surface area contributed by atoms with Crippen LogP contribution in [0.25, 0.3) is 0 Å². The van der Waals surface area contributed by atoms with Crippen LogP contribution in [0.2, 0.25) is 10.0 Å². The van der Waals surface area contributed by atoms with Gasteiger partial charge in [-0.1, -0.05) is 36.2 Å². The lowest BCUT2D eigenvalue weighted by Gasteiger charge is -2.31. The SMILES string of the molecule is CC[C@@H](C(=O)N[C@H](C)c1ccc2c(c1)OCCO2)N(c1cc(Cl)cc(Cl)c1)S(C)(=O)=O. The molecule has 2 aromatic carbocycles. The lowest BCUT2D eigenvalue weighted by molar-refractivity contribution is -0.122. The standard InChI is InChI=1S/C21H24Cl2N2O5S/c1-4-18(25(31(3,27)28)17-11-15(22)10-16(23)12-17)21(26)24-13(2)14-5-6-19-20(9-14)30-8-7-29-19/h5-6,9-13,18H,4,7-8H2,1-3H3,(H,24,26)/t13-,18+/m1/s1. The van der Waals surface area contributed by atoms with E-state index in [1.165, 1.54) is 18.2 Å². The third kappa shape index (κ3) is 5.56. The van der Waals surface area contributed by atoms with Crippen LogP contribution in [0.3, 0.4) is 0 Å². The largest absolute Gasteiger partial charge is 0.486 e. The first-order valence-electron chi connectivity index (χ1n) is 9.75. The van der Waals surface area contributed by atoms with Gasteiger partial charge in [0, 0.05) is 10.0 Å². The minimum Gasteiger partial charge on any atom is -0.486 e. The van der Waals surface area contributed by atoms with Gasteiger partial charge < -0.3 is 14.8 Å². The molecule has 0 aliphatic carbocycles. The Hall–Kier alpha value is -2.16. The van der Waals surface area contributed by atoms with E-state index in [4.69, 9.17) is 32.7 Å². The molecule has 2 aromatic rings. The van der Waals surface area contributed by atoms with Gasteiger partial charge in [-0.05, 0) is 49.2 Å². The summed E-state index contributed by atoms with van der Waals surface area (Å²) in [6.07, 6.45) is 1.29. The normalized spacial score (nSPS) is 15.1. The van der Waals surface area contributed by atoms with Gasteiger partial charge in [0.2, 0.25) is 15.9 Å². The molecule has 3 rings (SSSR count). The van der Waals surface area contributed by atoms with Gasteiger partial charge in [-0.25, -0.2) is 8.42 Å². The van der Waals surface area contributed by atoms with E-state index in [2.05, 4.69) is 5.32 Å². The Morgan fingerprint density at radius 2 is 1.71 bits per heavy atom. The van der Waals surface area contributed by atoms with Crippen molar-refractivity contribution in [2.75, 3.05) is 23.8 Å². The topological polar surface area (TPSA) is 84.9 Å². The molecule has 10 heteroatoms. The van der Waals surface area contributed by atoms with Crippen molar-refractivity contribution in [1.29, 1.82) is 0 Å². The number of carbonyl (C=O) groups is 1. The Kier molecular flexibility index (Phi) is 7.24. The predicted molar refractivity (Wildman–Crippen MR) is 122 cm³/mol. The van der Waals surface area contributed by atoms with Crippen LogP contribution >= 0.6 is 23.2 Å². The molecule has 0 saturated heterocycles. The first-order chi connectivity index (χ1) is 14.6. The summed E-state index contributed by atoms with van der Waals surface area (Å²) in [5.41, 5.74) is 1.04. The van der Waals surface area contributed by atoms with Crippen molar-refractivity contribution >= 4 is 44.8 Å². The van der Waals surface area contributed by atoms with Gasteiger partial charge in [-0.2, -0.15) is 0 Å². The first-order valence-corrected chi connectivity index (χ1v) is 12.4. The number of amides is 1. The number of anilines is 1. The molecule has 1 amide bonds. The summed E-state index contributed by atoms with van der Waals surface area (Å²) in [6.45, 7) is 4.51. The molecule has 0 aromatic heterocycles. The quantitative estimate of drug-likeness (QED) is 0.633. The Bertz CT molecular complexity index is 1060. The minimum atomic E-state index is -3.80. The molecule has 1 aliphatic rings. The number of ether oxygens (including phenoxy) is 2. The molecule has 0 unspecified atom stereocenters. The highest BCUT2D eigenvalue weighted by Gasteiger charge is 2.32. The van der Waals surface area contributed by atoms with Gasteiger partial charge in [0.1, 0.15) is 19.3 Å². The van der Waals surface area contributed by atoms with Crippen molar-refractivity contribution in [3.8, 4) is 11.5 Å². The van der Waals surface area contributed by atoms with E-state index < -0.39 is 22.0 Å². The van der Waals surface area contributed by atoms with Crippen LogP contribution in [0.5, 0.6) is 11.5 Å². The van der Waals surface area contributed by atoms with Gasteiger partial charge >= 0.3 is 0 Å². The Morgan fingerprint density at radius 1 is 1.10 bits per heavy atom. The molecule has 0 bridgehead atoms. The van der Waals surface area contributed by atoms with Crippen LogP contribution in [0.15, 0.2) is 36.4 Å². The van der Waals surface area contributed by atoms with Gasteiger partial charge in [0.05, 0.1) is 18.0 Å². The molecule has 0 saturated carbocycles. The summed E-state index contributed by atoms with van der Waals surface area (Å²) in [4.78, 5) is 13.1. The maximum Gasteiger partial charge on any atom is 0.244 e. The monoisotopic (exact) mass is 486 g/mol. The van der Waals surface area contributed by atoms with Crippen molar-refractivity contribution in [1.82, 2.24) is 5.32 Å². The summed E-state index contributed by atoms with van der Waals surface area (Å²) in [6, 6.07) is 8.50. The van der Waals surface area contributed by atoms with Crippen LogP contribution in [-0.4, -0.2) is 39.8 Å². The number of sulfonamides is 1. The molecule has 1 N–H and O–H groups in total. The first kappa shape index (κ1) is 23.5. The lowest BCUT2D eigenvalue weighted by atomic mass is 10.1. The lowest BCUT2D eigenvalue weighted by Crippen LogP contribution is -2.49. The van der Waals surface area contributed by atoms with Crippen molar-refractivity contribution in [2.45, 2.75) is 32.4 Å². The molecule has 7 nitrogen and oxygen atoms in total. The number of fused-ring (bicyclic) bond motifs is 1. The molecule has 0 spiro atoms. The number of carbonyl (C=O) groups excluding carboxylic acids is 1. The van der Waals surface area contributed by atoms with Crippen molar-refractivity contribution < 1.29 is 22.7 Å². The molecule has 31 heavy (non-hydrogen) atoms. The van der Waals surface area contributed by atoms with Crippen LogP contribution in [-0.2, 0) is 14.8 Å². The molecule has 1 heterocycles. The minimum absolute atomic E-state index is 0.231. The third-order valence-electron chi connectivity index (χ3n) is 4.86. The number of nitrogens with one attached hydrogen (secondary N) is 1.